The van der Waals surface area contributed by atoms with E-state index in [0.717, 1.165) is 43.0 Å². The Morgan fingerprint density at radius 2 is 1.88 bits per heavy atom. The van der Waals surface area contributed by atoms with E-state index in [1.54, 1.807) is 0 Å². The van der Waals surface area contributed by atoms with Crippen LogP contribution >= 0.6 is 11.3 Å². The van der Waals surface area contributed by atoms with Crippen molar-refractivity contribution in [2.75, 3.05) is 44.6 Å². The third-order valence-electron chi connectivity index (χ3n) is 6.75. The summed E-state index contributed by atoms with van der Waals surface area (Å²) >= 11 is 1.50. The van der Waals surface area contributed by atoms with E-state index in [4.69, 9.17) is 0 Å². The van der Waals surface area contributed by atoms with Gasteiger partial charge in [-0.3, -0.25) is 19.4 Å². The smallest absolute Gasteiger partial charge is 0.240 e. The molecule has 2 unspecified atom stereocenters. The van der Waals surface area contributed by atoms with E-state index in [0.29, 0.717) is 24.8 Å². The van der Waals surface area contributed by atoms with Crippen molar-refractivity contribution >= 4 is 28.3 Å². The summed E-state index contributed by atoms with van der Waals surface area (Å²) < 4.78 is 0. The molecule has 4 rings (SSSR count). The summed E-state index contributed by atoms with van der Waals surface area (Å²) in [5, 5.41) is 6.79. The minimum atomic E-state index is -0.0779. The molecule has 8 heteroatoms. The molecule has 0 bridgehead atoms. The maximum Gasteiger partial charge on any atom is 0.240 e. The van der Waals surface area contributed by atoms with Crippen LogP contribution in [0.4, 0.5) is 5.13 Å². The van der Waals surface area contributed by atoms with Crippen LogP contribution < -0.4 is 10.6 Å². The molecular formula is C25H35N5O2S. The van der Waals surface area contributed by atoms with E-state index in [2.05, 4.69) is 49.7 Å². The zero-order valence-electron chi connectivity index (χ0n) is 19.7. The van der Waals surface area contributed by atoms with Gasteiger partial charge in [0.25, 0.3) is 0 Å². The van der Waals surface area contributed by atoms with Gasteiger partial charge in [0.1, 0.15) is 0 Å². The number of amides is 2. The van der Waals surface area contributed by atoms with E-state index in [1.807, 2.05) is 19.9 Å². The number of anilines is 1. The molecule has 1 aromatic carbocycles. The molecule has 33 heavy (non-hydrogen) atoms. The molecule has 2 fully saturated rings. The van der Waals surface area contributed by atoms with Crippen LogP contribution in [0.25, 0.3) is 0 Å². The molecule has 7 nitrogen and oxygen atoms in total. The van der Waals surface area contributed by atoms with E-state index in [-0.39, 0.29) is 23.8 Å². The van der Waals surface area contributed by atoms with E-state index < -0.39 is 0 Å². The lowest BCUT2D eigenvalue weighted by Gasteiger charge is -2.33. The Morgan fingerprint density at radius 1 is 1.12 bits per heavy atom. The highest BCUT2D eigenvalue weighted by Crippen LogP contribution is 2.25. The summed E-state index contributed by atoms with van der Waals surface area (Å²) in [5.41, 5.74) is 2.21. The monoisotopic (exact) mass is 469 g/mol. The first-order valence-corrected chi connectivity index (χ1v) is 12.8. The van der Waals surface area contributed by atoms with Crippen LogP contribution in [-0.4, -0.2) is 65.9 Å². The van der Waals surface area contributed by atoms with Crippen molar-refractivity contribution in [3.05, 3.63) is 46.5 Å². The summed E-state index contributed by atoms with van der Waals surface area (Å²) in [7, 11) is 0. The van der Waals surface area contributed by atoms with Crippen LogP contribution in [-0.2, 0) is 9.59 Å². The Bertz CT molecular complexity index is 922. The number of benzene rings is 1. The Kier molecular flexibility index (Phi) is 8.11. The van der Waals surface area contributed by atoms with Crippen LogP contribution in [0, 0.1) is 19.8 Å². The summed E-state index contributed by atoms with van der Waals surface area (Å²) in [4.78, 5) is 35.6. The van der Waals surface area contributed by atoms with Gasteiger partial charge in [0.15, 0.2) is 5.13 Å². The van der Waals surface area contributed by atoms with Crippen molar-refractivity contribution in [2.24, 2.45) is 5.92 Å². The summed E-state index contributed by atoms with van der Waals surface area (Å²) in [6.45, 7) is 8.50. The fraction of sp³-hybridized carbons (Fsp3) is 0.560. The number of nitrogens with one attached hydrogen (secondary N) is 2. The average Bonchev–Trinajstić information content (AvgIpc) is 3.44. The highest BCUT2D eigenvalue weighted by molar-refractivity contribution is 7.15. The van der Waals surface area contributed by atoms with E-state index >= 15 is 0 Å². The van der Waals surface area contributed by atoms with Crippen molar-refractivity contribution in [1.29, 1.82) is 0 Å². The number of hydrogen-bond acceptors (Lipinski definition) is 6. The quantitative estimate of drug-likeness (QED) is 0.620. The first-order valence-electron chi connectivity index (χ1n) is 12.0. The first kappa shape index (κ1) is 23.9. The molecule has 2 atom stereocenters. The Labute approximate surface area is 200 Å². The number of aromatic nitrogens is 1. The van der Waals surface area contributed by atoms with Crippen molar-refractivity contribution < 1.29 is 9.59 Å². The molecule has 2 aliphatic heterocycles. The predicted octanol–water partition coefficient (Wildman–Crippen LogP) is 3.36. The molecule has 2 amide bonds. The van der Waals surface area contributed by atoms with Gasteiger partial charge in [-0.05, 0) is 64.7 Å². The average molecular weight is 470 g/mol. The number of nitrogens with zero attached hydrogens (tertiary/aromatic N) is 3. The van der Waals surface area contributed by atoms with Gasteiger partial charge in [-0.15, -0.1) is 11.3 Å². The Morgan fingerprint density at radius 3 is 2.58 bits per heavy atom. The maximum atomic E-state index is 13.0. The second-order valence-electron chi connectivity index (χ2n) is 9.20. The van der Waals surface area contributed by atoms with Gasteiger partial charge in [0.2, 0.25) is 11.8 Å². The normalized spacial score (nSPS) is 20.5. The fourth-order valence-corrected chi connectivity index (χ4v) is 5.66. The first-order chi connectivity index (χ1) is 16.0. The van der Waals surface area contributed by atoms with E-state index in [1.165, 1.54) is 29.7 Å². The third-order valence-corrected chi connectivity index (χ3v) is 7.74. The minimum absolute atomic E-state index is 0.0667. The Hall–Kier alpha value is -2.29. The summed E-state index contributed by atoms with van der Waals surface area (Å²) in [6.07, 6.45) is 4.23. The molecule has 0 saturated carbocycles. The SMILES string of the molecule is Cc1nc(NC(=O)CN2CCCC(C(=O)NCC(c3ccccc3)N3CCCC3)C2)sc1C. The molecule has 0 radical (unpaired) electrons. The molecule has 3 heterocycles. The molecule has 1 aromatic heterocycles. The standard InChI is InChI=1S/C25H35N5O2S/c1-18-19(2)33-25(27-18)28-23(31)17-29-12-8-11-21(16-29)24(32)26-15-22(30-13-6-7-14-30)20-9-4-3-5-10-20/h3-5,9-10,21-22H,6-8,11-17H2,1-2H3,(H,26,32)(H,27,28,31). The number of rotatable bonds is 8. The predicted molar refractivity (Wildman–Crippen MR) is 132 cm³/mol. The summed E-state index contributed by atoms with van der Waals surface area (Å²) in [5.74, 6) is -0.0414. The van der Waals surface area contributed by atoms with Crippen LogP contribution in [0.2, 0.25) is 0 Å². The zero-order valence-corrected chi connectivity index (χ0v) is 20.5. The van der Waals surface area contributed by atoms with Gasteiger partial charge in [0.05, 0.1) is 24.2 Å². The number of thiazole rings is 1. The number of carbonyl (C=O) groups is 2. The van der Waals surface area contributed by atoms with Gasteiger partial charge < -0.3 is 10.6 Å². The highest BCUT2D eigenvalue weighted by atomic mass is 32.1. The van der Waals surface area contributed by atoms with Gasteiger partial charge in [0, 0.05) is 18.0 Å². The lowest BCUT2D eigenvalue weighted by atomic mass is 9.96. The van der Waals surface area contributed by atoms with Gasteiger partial charge in [-0.1, -0.05) is 30.3 Å². The Balaban J connectivity index is 1.29. The molecule has 2 aromatic rings. The van der Waals surface area contributed by atoms with Crippen molar-refractivity contribution in [3.8, 4) is 0 Å². The van der Waals surface area contributed by atoms with Crippen LogP contribution in [0.1, 0.15) is 47.9 Å². The highest BCUT2D eigenvalue weighted by Gasteiger charge is 2.29. The van der Waals surface area contributed by atoms with Gasteiger partial charge in [-0.25, -0.2) is 4.98 Å². The van der Waals surface area contributed by atoms with Crippen LogP contribution in [0.5, 0.6) is 0 Å². The van der Waals surface area contributed by atoms with Crippen molar-refractivity contribution in [3.63, 3.8) is 0 Å². The second kappa shape index (κ2) is 11.2. The molecule has 0 aliphatic carbocycles. The van der Waals surface area contributed by atoms with Crippen molar-refractivity contribution in [2.45, 2.75) is 45.6 Å². The summed E-state index contributed by atoms with van der Waals surface area (Å²) in [6, 6.07) is 10.7. The molecule has 0 spiro atoms. The number of piperidine rings is 1. The lowest BCUT2D eigenvalue weighted by molar-refractivity contribution is -0.128. The number of hydrogen-bond donors (Lipinski definition) is 2. The van der Waals surface area contributed by atoms with Gasteiger partial charge >= 0.3 is 0 Å². The topological polar surface area (TPSA) is 77.6 Å². The van der Waals surface area contributed by atoms with Crippen LogP contribution in [0.15, 0.2) is 30.3 Å². The fourth-order valence-electron chi connectivity index (χ4n) is 4.83. The number of likely N-dealkylation sites (tertiary alicyclic amines) is 2. The maximum absolute atomic E-state index is 13.0. The molecule has 2 saturated heterocycles. The third kappa shape index (κ3) is 6.40. The van der Waals surface area contributed by atoms with Crippen LogP contribution in [0.3, 0.4) is 0 Å². The molecule has 2 N–H and O–H groups in total. The molecule has 2 aliphatic rings. The van der Waals surface area contributed by atoms with Gasteiger partial charge in [-0.2, -0.15) is 0 Å². The minimum Gasteiger partial charge on any atom is -0.354 e. The lowest BCUT2D eigenvalue weighted by Crippen LogP contribution is -2.47. The number of aryl methyl sites for hydroxylation is 2. The molecular weight excluding hydrogens is 434 g/mol. The largest absolute Gasteiger partial charge is 0.354 e. The van der Waals surface area contributed by atoms with E-state index in [9.17, 15) is 9.59 Å². The molecule has 178 valence electrons. The zero-order chi connectivity index (χ0) is 23.2. The number of carbonyl (C=O) groups excluding carboxylic acids is 2. The van der Waals surface area contributed by atoms with Crippen molar-refractivity contribution in [1.82, 2.24) is 20.1 Å². The second-order valence-corrected chi connectivity index (χ2v) is 10.4.